The highest BCUT2D eigenvalue weighted by Gasteiger charge is 2.15. The fraction of sp³-hybridized carbons (Fsp3) is 0.167. The number of amides is 1. The Morgan fingerprint density at radius 3 is 2.56 bits per heavy atom. The van der Waals surface area contributed by atoms with Crippen LogP contribution in [0.1, 0.15) is 17.3 Å². The summed E-state index contributed by atoms with van der Waals surface area (Å²) < 4.78 is 0. The minimum Gasteiger partial charge on any atom is -0.480 e. The van der Waals surface area contributed by atoms with Crippen molar-refractivity contribution < 1.29 is 14.7 Å². The normalized spacial score (nSPS) is 12.1. The van der Waals surface area contributed by atoms with Crippen molar-refractivity contribution in [3.05, 3.63) is 36.2 Å². The molecule has 0 aliphatic carbocycles. The Labute approximate surface area is 103 Å². The van der Waals surface area contributed by atoms with Gasteiger partial charge in [0.15, 0.2) is 0 Å². The third-order valence-electron chi connectivity index (χ3n) is 2.45. The summed E-state index contributed by atoms with van der Waals surface area (Å²) in [5.41, 5.74) is 1.63. The van der Waals surface area contributed by atoms with E-state index < -0.39 is 17.9 Å². The fourth-order valence-electron chi connectivity index (χ4n) is 1.45. The first-order valence-electron chi connectivity index (χ1n) is 5.32. The minimum absolute atomic E-state index is 0.357. The quantitative estimate of drug-likeness (QED) is 0.835. The maximum absolute atomic E-state index is 11.8. The lowest BCUT2D eigenvalue weighted by Crippen LogP contribution is -2.38. The summed E-state index contributed by atoms with van der Waals surface area (Å²) in [7, 11) is 0. The Morgan fingerprint density at radius 1 is 1.22 bits per heavy atom. The molecule has 2 rings (SSSR count). The number of fused-ring (bicyclic) bond motifs is 1. The van der Waals surface area contributed by atoms with E-state index in [1.54, 1.807) is 24.4 Å². The highest BCUT2D eigenvalue weighted by atomic mass is 16.4. The molecule has 6 heteroatoms. The molecule has 0 bridgehead atoms. The van der Waals surface area contributed by atoms with Crippen molar-refractivity contribution in [3.63, 3.8) is 0 Å². The van der Waals surface area contributed by atoms with Gasteiger partial charge in [-0.25, -0.2) is 0 Å². The minimum atomic E-state index is -1.08. The summed E-state index contributed by atoms with van der Waals surface area (Å²) in [5, 5.41) is 11.1. The van der Waals surface area contributed by atoms with Crippen LogP contribution < -0.4 is 5.32 Å². The molecule has 1 atom stereocenters. The van der Waals surface area contributed by atoms with Crippen LogP contribution in [0.2, 0.25) is 0 Å². The van der Waals surface area contributed by atoms with Gasteiger partial charge in [0.05, 0.1) is 11.0 Å². The first kappa shape index (κ1) is 12.0. The smallest absolute Gasteiger partial charge is 0.325 e. The predicted molar refractivity (Wildman–Crippen MR) is 64.1 cm³/mol. The molecule has 0 saturated heterocycles. The number of benzene rings is 1. The van der Waals surface area contributed by atoms with E-state index in [4.69, 9.17) is 5.11 Å². The molecule has 0 unspecified atom stereocenters. The number of carbonyl (C=O) groups excluding carboxylic acids is 1. The number of nitrogens with one attached hydrogen (secondary N) is 1. The Hall–Kier alpha value is -2.50. The Bertz CT molecular complexity index is 612. The van der Waals surface area contributed by atoms with Crippen LogP contribution in [-0.2, 0) is 4.79 Å². The molecule has 18 heavy (non-hydrogen) atoms. The largest absolute Gasteiger partial charge is 0.480 e. The maximum atomic E-state index is 11.8. The van der Waals surface area contributed by atoms with Crippen molar-refractivity contribution >= 4 is 22.9 Å². The number of hydrogen-bond donors (Lipinski definition) is 2. The third kappa shape index (κ3) is 2.42. The van der Waals surface area contributed by atoms with E-state index in [9.17, 15) is 9.59 Å². The van der Waals surface area contributed by atoms with Crippen LogP contribution in [0.25, 0.3) is 11.0 Å². The van der Waals surface area contributed by atoms with E-state index in [1.165, 1.54) is 13.1 Å². The van der Waals surface area contributed by atoms with Gasteiger partial charge in [-0.15, -0.1) is 0 Å². The molecule has 1 heterocycles. The van der Waals surface area contributed by atoms with Crippen molar-refractivity contribution in [1.82, 2.24) is 15.3 Å². The van der Waals surface area contributed by atoms with Gasteiger partial charge < -0.3 is 10.4 Å². The zero-order chi connectivity index (χ0) is 13.1. The zero-order valence-electron chi connectivity index (χ0n) is 9.62. The molecule has 0 saturated carbocycles. The number of aromatic nitrogens is 2. The second kappa shape index (κ2) is 4.79. The third-order valence-corrected chi connectivity index (χ3v) is 2.45. The monoisotopic (exact) mass is 245 g/mol. The number of hydrogen-bond acceptors (Lipinski definition) is 4. The summed E-state index contributed by atoms with van der Waals surface area (Å²) >= 11 is 0. The van der Waals surface area contributed by atoms with Crippen LogP contribution in [-0.4, -0.2) is 33.0 Å². The number of carboxylic acid groups (broad SMARTS) is 1. The molecule has 2 N–H and O–H groups in total. The number of carbonyl (C=O) groups is 2. The first-order chi connectivity index (χ1) is 8.58. The molecule has 92 valence electrons. The lowest BCUT2D eigenvalue weighted by molar-refractivity contribution is -0.138. The summed E-state index contributed by atoms with van der Waals surface area (Å²) in [5.74, 6) is -1.53. The Balaban J connectivity index is 2.25. The topological polar surface area (TPSA) is 92.2 Å². The highest BCUT2D eigenvalue weighted by Crippen LogP contribution is 2.10. The van der Waals surface area contributed by atoms with Crippen molar-refractivity contribution in [2.75, 3.05) is 0 Å². The van der Waals surface area contributed by atoms with Crippen LogP contribution in [0, 0.1) is 0 Å². The lowest BCUT2D eigenvalue weighted by Gasteiger charge is -2.09. The van der Waals surface area contributed by atoms with Crippen molar-refractivity contribution in [3.8, 4) is 0 Å². The van der Waals surface area contributed by atoms with Gasteiger partial charge in [0.2, 0.25) is 0 Å². The molecule has 0 fully saturated rings. The van der Waals surface area contributed by atoms with Gasteiger partial charge >= 0.3 is 5.97 Å². The van der Waals surface area contributed by atoms with Gasteiger partial charge in [-0.3, -0.25) is 19.6 Å². The molecule has 1 amide bonds. The molecule has 2 aromatic rings. The van der Waals surface area contributed by atoms with E-state index in [2.05, 4.69) is 15.3 Å². The number of aliphatic carboxylic acids is 1. The Kier molecular flexibility index (Phi) is 3.18. The second-order valence-corrected chi connectivity index (χ2v) is 3.79. The predicted octanol–water partition coefficient (Wildman–Crippen LogP) is 0.833. The maximum Gasteiger partial charge on any atom is 0.325 e. The molecular formula is C12H11N3O3. The zero-order valence-corrected chi connectivity index (χ0v) is 9.62. The van der Waals surface area contributed by atoms with Crippen LogP contribution in [0.15, 0.2) is 30.6 Å². The molecule has 0 spiro atoms. The lowest BCUT2D eigenvalue weighted by atomic mass is 10.1. The van der Waals surface area contributed by atoms with Crippen molar-refractivity contribution in [2.45, 2.75) is 13.0 Å². The number of carboxylic acids is 1. The van der Waals surface area contributed by atoms with Gasteiger partial charge in [0, 0.05) is 18.0 Å². The van der Waals surface area contributed by atoms with Crippen LogP contribution in [0.5, 0.6) is 0 Å². The van der Waals surface area contributed by atoms with Gasteiger partial charge in [0.1, 0.15) is 6.04 Å². The highest BCUT2D eigenvalue weighted by molar-refractivity contribution is 5.98. The molecule has 0 radical (unpaired) electrons. The number of rotatable bonds is 3. The van der Waals surface area contributed by atoms with Crippen LogP contribution in [0.4, 0.5) is 0 Å². The Morgan fingerprint density at radius 2 is 1.89 bits per heavy atom. The van der Waals surface area contributed by atoms with Gasteiger partial charge in [-0.2, -0.15) is 0 Å². The van der Waals surface area contributed by atoms with Gasteiger partial charge in [-0.1, -0.05) is 0 Å². The van der Waals surface area contributed by atoms with Gasteiger partial charge in [-0.05, 0) is 25.1 Å². The summed E-state index contributed by atoms with van der Waals surface area (Å²) in [4.78, 5) is 30.6. The van der Waals surface area contributed by atoms with Crippen molar-refractivity contribution in [2.24, 2.45) is 0 Å². The second-order valence-electron chi connectivity index (χ2n) is 3.79. The molecule has 6 nitrogen and oxygen atoms in total. The molecule has 0 aliphatic rings. The summed E-state index contributed by atoms with van der Waals surface area (Å²) in [6.45, 7) is 1.40. The average molecular weight is 245 g/mol. The molecule has 0 aliphatic heterocycles. The van der Waals surface area contributed by atoms with E-state index >= 15 is 0 Å². The van der Waals surface area contributed by atoms with Crippen LogP contribution in [0.3, 0.4) is 0 Å². The van der Waals surface area contributed by atoms with E-state index in [-0.39, 0.29) is 0 Å². The fourth-order valence-corrected chi connectivity index (χ4v) is 1.45. The van der Waals surface area contributed by atoms with E-state index in [0.717, 1.165) is 0 Å². The number of nitrogens with zero attached hydrogens (tertiary/aromatic N) is 2. The van der Waals surface area contributed by atoms with Crippen molar-refractivity contribution in [1.29, 1.82) is 0 Å². The standard InChI is InChI=1S/C12H11N3O3/c1-7(12(17)18)15-11(16)8-2-3-9-10(6-8)14-5-4-13-9/h2-7H,1H3,(H,15,16)(H,17,18)/t7-/m1/s1. The summed E-state index contributed by atoms with van der Waals surface area (Å²) in [6.07, 6.45) is 3.10. The van der Waals surface area contributed by atoms with E-state index in [0.29, 0.717) is 16.6 Å². The molecular weight excluding hydrogens is 234 g/mol. The molecule has 1 aromatic carbocycles. The van der Waals surface area contributed by atoms with Gasteiger partial charge in [0.25, 0.3) is 5.91 Å². The first-order valence-corrected chi connectivity index (χ1v) is 5.32. The average Bonchev–Trinajstić information content (AvgIpc) is 2.37. The van der Waals surface area contributed by atoms with E-state index in [1.807, 2.05) is 0 Å². The SMILES string of the molecule is C[C@@H](NC(=O)c1ccc2nccnc2c1)C(=O)O. The van der Waals surface area contributed by atoms with Crippen LogP contribution >= 0.6 is 0 Å². The summed E-state index contributed by atoms with van der Waals surface area (Å²) in [6, 6.07) is 3.89. The molecule has 1 aromatic heterocycles.